The number of nitrogens with two attached hydrogens (primary N) is 1. The number of carbonyl (C=O) groups is 1. The molecule has 0 amide bonds. The summed E-state index contributed by atoms with van der Waals surface area (Å²) in [4.78, 5) is 40.8. The average Bonchev–Trinajstić information content (AvgIpc) is 2.76. The molecule has 0 fully saturated rings. The van der Waals surface area contributed by atoms with Crippen LogP contribution in [0, 0.1) is 6.92 Å². The van der Waals surface area contributed by atoms with Crippen LogP contribution in [-0.4, -0.2) is 28.0 Å². The molecule has 1 aliphatic heterocycles. The first-order chi connectivity index (χ1) is 14.9. The summed E-state index contributed by atoms with van der Waals surface area (Å²) in [5.74, 6) is -0.462. The zero-order chi connectivity index (χ0) is 22.1. The van der Waals surface area contributed by atoms with Gasteiger partial charge in [0, 0.05) is 19.3 Å². The van der Waals surface area contributed by atoms with Gasteiger partial charge in [-0.15, -0.1) is 0 Å². The zero-order valence-electron chi connectivity index (χ0n) is 17.8. The zero-order valence-corrected chi connectivity index (χ0v) is 17.8. The van der Waals surface area contributed by atoms with Crippen LogP contribution in [0.2, 0.25) is 0 Å². The summed E-state index contributed by atoms with van der Waals surface area (Å²) in [6, 6.07) is 15.5. The molecule has 160 valence electrons. The number of aryl methyl sites for hydroxylation is 2. The summed E-state index contributed by atoms with van der Waals surface area (Å²) < 4.78 is 2.25. The number of carbonyl (C=O) groups excluding carboxylic acids is 1. The van der Waals surface area contributed by atoms with Crippen LogP contribution in [0.4, 0.5) is 11.5 Å². The van der Waals surface area contributed by atoms with Gasteiger partial charge in [0.2, 0.25) is 0 Å². The number of fused-ring (bicyclic) bond motifs is 1. The minimum absolute atomic E-state index is 0.0407. The van der Waals surface area contributed by atoms with Crippen LogP contribution in [-0.2, 0) is 20.0 Å². The molecule has 0 atom stereocenters. The van der Waals surface area contributed by atoms with Gasteiger partial charge in [0.15, 0.2) is 5.78 Å². The Morgan fingerprint density at radius 2 is 1.84 bits per heavy atom. The van der Waals surface area contributed by atoms with Crippen LogP contribution < -0.4 is 21.9 Å². The van der Waals surface area contributed by atoms with E-state index >= 15 is 0 Å². The fourth-order valence-corrected chi connectivity index (χ4v) is 4.18. The highest BCUT2D eigenvalue weighted by atomic mass is 16.2. The van der Waals surface area contributed by atoms with E-state index in [0.29, 0.717) is 0 Å². The number of rotatable bonds is 5. The SMILES string of the molecule is Cc1ccc2c(c1)CCCN2CC(=O)c1c(N)n(Cc2ccccc2)c(=O)n(C)c1=O. The van der Waals surface area contributed by atoms with E-state index in [1.807, 2.05) is 54.3 Å². The standard InChI is InChI=1S/C24H26N4O3/c1-16-10-11-19-18(13-16)9-6-12-27(19)15-20(29)21-22(25)28(24(31)26(2)23(21)30)14-17-7-4-3-5-8-17/h3-5,7-8,10-11,13H,6,9,12,14-15,25H2,1-2H3. The molecule has 0 aliphatic carbocycles. The number of anilines is 2. The van der Waals surface area contributed by atoms with Crippen molar-refractivity contribution in [2.75, 3.05) is 23.7 Å². The van der Waals surface area contributed by atoms with Crippen LogP contribution in [0.3, 0.4) is 0 Å². The monoisotopic (exact) mass is 418 g/mol. The summed E-state index contributed by atoms with van der Waals surface area (Å²) in [5, 5.41) is 0. The first-order valence-electron chi connectivity index (χ1n) is 10.4. The number of nitrogen functional groups attached to an aromatic ring is 1. The molecule has 31 heavy (non-hydrogen) atoms. The molecule has 0 bridgehead atoms. The quantitative estimate of drug-likeness (QED) is 0.641. The van der Waals surface area contributed by atoms with Crippen molar-refractivity contribution in [3.05, 3.63) is 91.6 Å². The van der Waals surface area contributed by atoms with E-state index in [4.69, 9.17) is 5.73 Å². The minimum Gasteiger partial charge on any atom is -0.384 e. The Bertz CT molecular complexity index is 1260. The number of ketones is 1. The maximum absolute atomic E-state index is 13.2. The maximum Gasteiger partial charge on any atom is 0.332 e. The van der Waals surface area contributed by atoms with Crippen molar-refractivity contribution < 1.29 is 4.79 Å². The third-order valence-corrected chi connectivity index (χ3v) is 5.83. The van der Waals surface area contributed by atoms with E-state index < -0.39 is 11.2 Å². The first-order valence-corrected chi connectivity index (χ1v) is 10.4. The van der Waals surface area contributed by atoms with Gasteiger partial charge in [0.25, 0.3) is 5.56 Å². The van der Waals surface area contributed by atoms with E-state index in [-0.39, 0.29) is 30.3 Å². The minimum atomic E-state index is -0.655. The maximum atomic E-state index is 13.2. The van der Waals surface area contributed by atoms with Crippen LogP contribution in [0.15, 0.2) is 58.1 Å². The number of hydrogen-bond donors (Lipinski definition) is 1. The van der Waals surface area contributed by atoms with Gasteiger partial charge in [-0.05, 0) is 37.0 Å². The second-order valence-corrected chi connectivity index (χ2v) is 8.06. The fraction of sp³-hybridized carbons (Fsp3) is 0.292. The van der Waals surface area contributed by atoms with Crippen molar-refractivity contribution in [1.29, 1.82) is 0 Å². The summed E-state index contributed by atoms with van der Waals surface area (Å²) in [6.45, 7) is 3.00. The Labute approximate surface area is 180 Å². The molecule has 0 unspecified atom stereocenters. The van der Waals surface area contributed by atoms with Crippen molar-refractivity contribution in [1.82, 2.24) is 9.13 Å². The number of nitrogens with zero attached hydrogens (tertiary/aromatic N) is 3. The smallest absolute Gasteiger partial charge is 0.332 e. The number of aromatic nitrogens is 2. The van der Waals surface area contributed by atoms with Gasteiger partial charge < -0.3 is 10.6 Å². The topological polar surface area (TPSA) is 90.3 Å². The van der Waals surface area contributed by atoms with E-state index in [9.17, 15) is 14.4 Å². The molecule has 7 heteroatoms. The molecular weight excluding hydrogens is 392 g/mol. The lowest BCUT2D eigenvalue weighted by Crippen LogP contribution is -2.44. The molecule has 1 aliphatic rings. The summed E-state index contributed by atoms with van der Waals surface area (Å²) in [7, 11) is 1.38. The lowest BCUT2D eigenvalue weighted by atomic mass is 9.99. The molecule has 4 rings (SSSR count). The summed E-state index contributed by atoms with van der Waals surface area (Å²) in [6.07, 6.45) is 1.90. The first kappa shape index (κ1) is 20.7. The fourth-order valence-electron chi connectivity index (χ4n) is 4.18. The molecule has 2 aromatic carbocycles. The van der Waals surface area contributed by atoms with E-state index in [2.05, 4.69) is 6.07 Å². The molecule has 3 aromatic rings. The van der Waals surface area contributed by atoms with Gasteiger partial charge in [-0.25, -0.2) is 4.79 Å². The molecule has 1 aromatic heterocycles. The highest BCUT2D eigenvalue weighted by Gasteiger charge is 2.25. The summed E-state index contributed by atoms with van der Waals surface area (Å²) >= 11 is 0. The molecule has 2 N–H and O–H groups in total. The highest BCUT2D eigenvalue weighted by Crippen LogP contribution is 2.28. The van der Waals surface area contributed by atoms with Gasteiger partial charge in [0.1, 0.15) is 11.4 Å². The number of Topliss-reactive ketones (excluding diaryl/α,β-unsaturated/α-hetero) is 1. The van der Waals surface area contributed by atoms with Crippen molar-refractivity contribution >= 4 is 17.3 Å². The Morgan fingerprint density at radius 3 is 2.58 bits per heavy atom. The third-order valence-electron chi connectivity index (χ3n) is 5.83. The molecule has 0 radical (unpaired) electrons. The van der Waals surface area contributed by atoms with Crippen LogP contribution in [0.1, 0.15) is 33.5 Å². The van der Waals surface area contributed by atoms with Gasteiger partial charge in [-0.3, -0.25) is 18.7 Å². The molecular formula is C24H26N4O3. The Hall–Kier alpha value is -3.61. The van der Waals surface area contributed by atoms with Crippen molar-refractivity contribution in [2.24, 2.45) is 7.05 Å². The van der Waals surface area contributed by atoms with Gasteiger partial charge in [0.05, 0.1) is 13.1 Å². The lowest BCUT2D eigenvalue weighted by Gasteiger charge is -2.31. The van der Waals surface area contributed by atoms with Crippen molar-refractivity contribution in [2.45, 2.75) is 26.3 Å². The van der Waals surface area contributed by atoms with Crippen molar-refractivity contribution in [3.8, 4) is 0 Å². The van der Waals surface area contributed by atoms with Crippen LogP contribution >= 0.6 is 0 Å². The van der Waals surface area contributed by atoms with Gasteiger partial charge >= 0.3 is 5.69 Å². The second kappa shape index (κ2) is 8.26. The number of hydrogen-bond acceptors (Lipinski definition) is 5. The second-order valence-electron chi connectivity index (χ2n) is 8.06. The van der Waals surface area contributed by atoms with Crippen molar-refractivity contribution in [3.63, 3.8) is 0 Å². The predicted molar refractivity (Wildman–Crippen MR) is 122 cm³/mol. The van der Waals surface area contributed by atoms with Gasteiger partial charge in [-0.1, -0.05) is 48.0 Å². The van der Waals surface area contributed by atoms with E-state index in [0.717, 1.165) is 35.2 Å². The molecule has 7 nitrogen and oxygen atoms in total. The molecule has 2 heterocycles. The van der Waals surface area contributed by atoms with Crippen LogP contribution in [0.5, 0.6) is 0 Å². The normalized spacial score (nSPS) is 13.2. The van der Waals surface area contributed by atoms with Gasteiger partial charge in [-0.2, -0.15) is 0 Å². The molecule has 0 spiro atoms. The lowest BCUT2D eigenvalue weighted by molar-refractivity contribution is 0.0996. The average molecular weight is 418 g/mol. The molecule has 0 saturated heterocycles. The highest BCUT2D eigenvalue weighted by molar-refractivity contribution is 6.02. The Balaban J connectivity index is 1.71. The summed E-state index contributed by atoms with van der Waals surface area (Å²) in [5.41, 5.74) is 9.16. The molecule has 0 saturated carbocycles. The Kier molecular flexibility index (Phi) is 5.50. The Morgan fingerprint density at radius 1 is 1.10 bits per heavy atom. The third kappa shape index (κ3) is 3.91. The largest absolute Gasteiger partial charge is 0.384 e. The number of benzene rings is 2. The van der Waals surface area contributed by atoms with Crippen LogP contribution in [0.25, 0.3) is 0 Å². The van der Waals surface area contributed by atoms with E-state index in [1.165, 1.54) is 22.7 Å². The van der Waals surface area contributed by atoms with E-state index in [1.54, 1.807) is 0 Å². The predicted octanol–water partition coefficient (Wildman–Crippen LogP) is 2.12.